The van der Waals surface area contributed by atoms with Crippen LogP contribution < -0.4 is 5.32 Å². The second kappa shape index (κ2) is 4.81. The van der Waals surface area contributed by atoms with Crippen molar-refractivity contribution in [2.24, 2.45) is 0 Å². The molecule has 88 valence electrons. The van der Waals surface area contributed by atoms with Crippen LogP contribution >= 0.6 is 0 Å². The predicted octanol–water partition coefficient (Wildman–Crippen LogP) is 1.18. The van der Waals surface area contributed by atoms with Gasteiger partial charge in [0.2, 0.25) is 0 Å². The number of aliphatic hydroxyl groups is 2. The normalized spacial score (nSPS) is 35.6. The zero-order valence-electron chi connectivity index (χ0n) is 9.41. The van der Waals surface area contributed by atoms with Crippen molar-refractivity contribution in [2.45, 2.75) is 69.1 Å². The lowest BCUT2D eigenvalue weighted by atomic mass is 9.88. The van der Waals surface area contributed by atoms with E-state index in [9.17, 15) is 10.2 Å². The summed E-state index contributed by atoms with van der Waals surface area (Å²) in [5.74, 6) is 0. The Morgan fingerprint density at radius 3 is 2.33 bits per heavy atom. The Morgan fingerprint density at radius 2 is 1.73 bits per heavy atom. The van der Waals surface area contributed by atoms with Gasteiger partial charge in [0.25, 0.3) is 0 Å². The third-order valence-electron chi connectivity index (χ3n) is 4.08. The van der Waals surface area contributed by atoms with Gasteiger partial charge in [-0.05, 0) is 25.7 Å². The molecule has 0 radical (unpaired) electrons. The molecular weight excluding hydrogens is 190 g/mol. The Bertz CT molecular complexity index is 202. The van der Waals surface area contributed by atoms with Crippen molar-refractivity contribution >= 4 is 0 Å². The average Bonchev–Trinajstić information content (AvgIpc) is 2.71. The van der Waals surface area contributed by atoms with Gasteiger partial charge in [-0.2, -0.15) is 0 Å². The first kappa shape index (κ1) is 11.4. The molecule has 0 aromatic rings. The molecule has 15 heavy (non-hydrogen) atoms. The smallest absolute Gasteiger partial charge is 0.0693 e. The molecule has 3 heteroatoms. The van der Waals surface area contributed by atoms with Crippen LogP contribution in [0, 0.1) is 0 Å². The highest BCUT2D eigenvalue weighted by Gasteiger charge is 2.37. The molecule has 3 nitrogen and oxygen atoms in total. The molecule has 2 rings (SSSR count). The first-order valence-electron chi connectivity index (χ1n) is 6.32. The monoisotopic (exact) mass is 213 g/mol. The van der Waals surface area contributed by atoms with Gasteiger partial charge in [0, 0.05) is 11.6 Å². The molecule has 0 spiro atoms. The van der Waals surface area contributed by atoms with Crippen molar-refractivity contribution < 1.29 is 10.2 Å². The van der Waals surface area contributed by atoms with E-state index in [1.807, 2.05) is 0 Å². The summed E-state index contributed by atoms with van der Waals surface area (Å²) in [5, 5.41) is 22.9. The number of hydrogen-bond donors (Lipinski definition) is 3. The molecule has 2 fully saturated rings. The first-order chi connectivity index (χ1) is 7.26. The van der Waals surface area contributed by atoms with Gasteiger partial charge in [-0.1, -0.05) is 25.7 Å². The van der Waals surface area contributed by atoms with Gasteiger partial charge in [-0.3, -0.25) is 0 Å². The van der Waals surface area contributed by atoms with Crippen LogP contribution in [0.2, 0.25) is 0 Å². The van der Waals surface area contributed by atoms with Crippen molar-refractivity contribution in [2.75, 3.05) is 6.61 Å². The molecule has 2 atom stereocenters. The fraction of sp³-hybridized carbons (Fsp3) is 1.00. The second-order valence-corrected chi connectivity index (χ2v) is 5.25. The molecule has 2 saturated carbocycles. The maximum Gasteiger partial charge on any atom is 0.0693 e. The highest BCUT2D eigenvalue weighted by molar-refractivity contribution is 4.96. The third-order valence-corrected chi connectivity index (χ3v) is 4.08. The van der Waals surface area contributed by atoms with Gasteiger partial charge in [0.1, 0.15) is 0 Å². The van der Waals surface area contributed by atoms with Crippen LogP contribution in [0.25, 0.3) is 0 Å². The van der Waals surface area contributed by atoms with Crippen LogP contribution in [0.15, 0.2) is 0 Å². The third kappa shape index (κ3) is 2.52. The Morgan fingerprint density at radius 1 is 1.07 bits per heavy atom. The lowest BCUT2D eigenvalue weighted by Crippen LogP contribution is -2.55. The van der Waals surface area contributed by atoms with E-state index < -0.39 is 0 Å². The quantitative estimate of drug-likeness (QED) is 0.660. The van der Waals surface area contributed by atoms with E-state index in [-0.39, 0.29) is 24.3 Å². The molecule has 0 heterocycles. The van der Waals surface area contributed by atoms with E-state index in [4.69, 9.17) is 0 Å². The maximum absolute atomic E-state index is 9.90. The summed E-state index contributed by atoms with van der Waals surface area (Å²) < 4.78 is 0. The fourth-order valence-corrected chi connectivity index (χ4v) is 3.07. The lowest BCUT2D eigenvalue weighted by molar-refractivity contribution is 0.0561. The molecule has 0 aliphatic heterocycles. The minimum Gasteiger partial charge on any atom is -0.394 e. The summed E-state index contributed by atoms with van der Waals surface area (Å²) in [6.07, 6.45) is 8.65. The van der Waals surface area contributed by atoms with E-state index in [0.717, 1.165) is 32.1 Å². The van der Waals surface area contributed by atoms with Crippen LogP contribution in [0.3, 0.4) is 0 Å². The molecule has 2 aliphatic carbocycles. The molecule has 2 unspecified atom stereocenters. The summed E-state index contributed by atoms with van der Waals surface area (Å²) in [4.78, 5) is 0. The lowest BCUT2D eigenvalue weighted by Gasteiger charge is -2.37. The molecule has 2 aliphatic rings. The van der Waals surface area contributed by atoms with E-state index in [0.29, 0.717) is 0 Å². The van der Waals surface area contributed by atoms with Gasteiger partial charge in [-0.15, -0.1) is 0 Å². The minimum atomic E-state index is -0.206. The average molecular weight is 213 g/mol. The Labute approximate surface area is 91.9 Å². The molecule has 0 aromatic carbocycles. The SMILES string of the molecule is OCC1(NC2CCCCC2O)CCCC1. The van der Waals surface area contributed by atoms with Crippen molar-refractivity contribution in [1.29, 1.82) is 0 Å². The van der Waals surface area contributed by atoms with Crippen molar-refractivity contribution in [3.63, 3.8) is 0 Å². The minimum absolute atomic E-state index is 0.0804. The number of nitrogens with one attached hydrogen (secondary N) is 1. The number of aliphatic hydroxyl groups excluding tert-OH is 2. The van der Waals surface area contributed by atoms with Crippen molar-refractivity contribution in [3.05, 3.63) is 0 Å². The largest absolute Gasteiger partial charge is 0.394 e. The molecular formula is C12H23NO2. The topological polar surface area (TPSA) is 52.5 Å². The molecule has 0 saturated heterocycles. The zero-order chi connectivity index (χ0) is 10.7. The van der Waals surface area contributed by atoms with Crippen molar-refractivity contribution in [3.8, 4) is 0 Å². The Balaban J connectivity index is 1.93. The summed E-state index contributed by atoms with van der Waals surface area (Å²) in [5.41, 5.74) is -0.0804. The predicted molar refractivity (Wildman–Crippen MR) is 59.7 cm³/mol. The molecule has 0 amide bonds. The van der Waals surface area contributed by atoms with E-state index >= 15 is 0 Å². The van der Waals surface area contributed by atoms with Crippen LogP contribution in [0.5, 0.6) is 0 Å². The summed E-state index contributed by atoms with van der Waals surface area (Å²) in [6.45, 7) is 0.218. The van der Waals surface area contributed by atoms with Gasteiger partial charge >= 0.3 is 0 Å². The Kier molecular flexibility index (Phi) is 3.65. The van der Waals surface area contributed by atoms with Gasteiger partial charge in [0.15, 0.2) is 0 Å². The van der Waals surface area contributed by atoms with Crippen LogP contribution in [0.4, 0.5) is 0 Å². The highest BCUT2D eigenvalue weighted by Crippen LogP contribution is 2.31. The van der Waals surface area contributed by atoms with E-state index in [2.05, 4.69) is 5.32 Å². The highest BCUT2D eigenvalue weighted by atomic mass is 16.3. The second-order valence-electron chi connectivity index (χ2n) is 5.25. The van der Waals surface area contributed by atoms with Crippen LogP contribution in [0.1, 0.15) is 51.4 Å². The van der Waals surface area contributed by atoms with Crippen LogP contribution in [-0.2, 0) is 0 Å². The maximum atomic E-state index is 9.90. The van der Waals surface area contributed by atoms with Gasteiger partial charge < -0.3 is 15.5 Å². The van der Waals surface area contributed by atoms with Crippen molar-refractivity contribution in [1.82, 2.24) is 5.32 Å². The van der Waals surface area contributed by atoms with Gasteiger partial charge in [-0.25, -0.2) is 0 Å². The van der Waals surface area contributed by atoms with Crippen LogP contribution in [-0.4, -0.2) is 34.5 Å². The van der Waals surface area contributed by atoms with E-state index in [1.54, 1.807) is 0 Å². The standard InChI is InChI=1S/C12H23NO2/c14-9-12(7-3-4-8-12)13-10-5-1-2-6-11(10)15/h10-11,13-15H,1-9H2. The molecule has 3 N–H and O–H groups in total. The summed E-state index contributed by atoms with van der Waals surface area (Å²) in [6, 6.07) is 0.212. The summed E-state index contributed by atoms with van der Waals surface area (Å²) in [7, 11) is 0. The first-order valence-corrected chi connectivity index (χ1v) is 6.32. The number of hydrogen-bond acceptors (Lipinski definition) is 3. The van der Waals surface area contributed by atoms with Gasteiger partial charge in [0.05, 0.1) is 12.7 Å². The number of rotatable bonds is 3. The Hall–Kier alpha value is -0.120. The fourth-order valence-electron chi connectivity index (χ4n) is 3.07. The van der Waals surface area contributed by atoms with E-state index in [1.165, 1.54) is 19.3 Å². The molecule has 0 aromatic heterocycles. The zero-order valence-corrected chi connectivity index (χ0v) is 9.41. The molecule has 0 bridgehead atoms. The summed E-state index contributed by atoms with van der Waals surface area (Å²) >= 11 is 0.